The van der Waals surface area contributed by atoms with Gasteiger partial charge in [0, 0.05) is 21.4 Å². The molecule has 1 atom stereocenters. The summed E-state index contributed by atoms with van der Waals surface area (Å²) in [6.07, 6.45) is 0.339. The molecule has 3 aromatic rings. The van der Waals surface area contributed by atoms with Crippen LogP contribution in [0.5, 0.6) is 0 Å². The summed E-state index contributed by atoms with van der Waals surface area (Å²) in [6, 6.07) is 22.1. The van der Waals surface area contributed by atoms with E-state index in [0.29, 0.717) is 38.8 Å². The Bertz CT molecular complexity index is 1410. The van der Waals surface area contributed by atoms with Crippen LogP contribution in [0.2, 0.25) is 10.0 Å². The molecule has 1 fully saturated rings. The highest BCUT2D eigenvalue weighted by atomic mass is 35.5. The number of halogens is 2. The number of hydrogen-bond donors (Lipinski definition) is 1. The van der Waals surface area contributed by atoms with E-state index in [1.807, 2.05) is 55.5 Å². The van der Waals surface area contributed by atoms with Crippen LogP contribution < -0.4 is 10.2 Å². The zero-order valence-corrected chi connectivity index (χ0v) is 22.9. The topological polar surface area (TPSA) is 73.2 Å². The lowest BCUT2D eigenvalue weighted by Gasteiger charge is -2.19. The molecule has 1 saturated heterocycles. The van der Waals surface area contributed by atoms with Gasteiger partial charge in [-0.25, -0.2) is 0 Å². The molecular weight excluding hydrogens is 525 g/mol. The maximum absolute atomic E-state index is 13.7. The molecule has 0 aliphatic carbocycles. The largest absolute Gasteiger partial charge is 0.321 e. The predicted molar refractivity (Wildman–Crippen MR) is 152 cm³/mol. The Labute approximate surface area is 231 Å². The lowest BCUT2D eigenvalue weighted by Crippen LogP contribution is -2.31. The highest BCUT2D eigenvalue weighted by Crippen LogP contribution is 2.42. The molecule has 1 heterocycles. The van der Waals surface area contributed by atoms with Gasteiger partial charge in [-0.2, -0.15) is 5.26 Å². The van der Waals surface area contributed by atoms with Gasteiger partial charge in [-0.05, 0) is 72.4 Å². The number of para-hydroxylation sites is 1. The fourth-order valence-electron chi connectivity index (χ4n) is 4.07. The van der Waals surface area contributed by atoms with Gasteiger partial charge in [-0.3, -0.25) is 14.5 Å². The third-order valence-corrected chi connectivity index (χ3v) is 7.76. The summed E-state index contributed by atoms with van der Waals surface area (Å²) in [5.41, 5.74) is 3.86. The van der Waals surface area contributed by atoms with Gasteiger partial charge in [0.2, 0.25) is 5.91 Å². The summed E-state index contributed by atoms with van der Waals surface area (Å²) in [7, 11) is 0. The normalized spacial score (nSPS) is 16.6. The minimum absolute atomic E-state index is 0.124. The van der Waals surface area contributed by atoms with E-state index in [9.17, 15) is 14.9 Å². The fourth-order valence-corrected chi connectivity index (χ4v) is 5.95. The van der Waals surface area contributed by atoms with Crippen molar-refractivity contribution in [3.8, 4) is 6.07 Å². The molecule has 0 saturated carbocycles. The number of benzene rings is 3. The number of anilines is 2. The van der Waals surface area contributed by atoms with Crippen LogP contribution in [0.1, 0.15) is 36.5 Å². The van der Waals surface area contributed by atoms with Crippen LogP contribution in [0.4, 0.5) is 11.4 Å². The SMILES string of the molecule is Cc1ccccc1NC(=O)/C(C#N)=C1\SC(Cc2cc(Cl)cc(Cl)c2)C(=O)N1c1ccc(C(C)C)cc1. The Balaban J connectivity index is 1.75. The number of nitrogens with zero attached hydrogens (tertiary/aromatic N) is 2. The van der Waals surface area contributed by atoms with Crippen LogP contribution in [0, 0.1) is 18.3 Å². The van der Waals surface area contributed by atoms with E-state index >= 15 is 0 Å². The molecule has 188 valence electrons. The van der Waals surface area contributed by atoms with E-state index in [0.717, 1.165) is 16.7 Å². The number of rotatable bonds is 6. The Morgan fingerprint density at radius 3 is 2.32 bits per heavy atom. The van der Waals surface area contributed by atoms with E-state index in [-0.39, 0.29) is 11.5 Å². The first-order chi connectivity index (χ1) is 17.7. The molecule has 0 spiro atoms. The van der Waals surface area contributed by atoms with Crippen molar-refractivity contribution in [1.29, 1.82) is 5.26 Å². The van der Waals surface area contributed by atoms with Gasteiger partial charge in [0.15, 0.2) is 0 Å². The van der Waals surface area contributed by atoms with Gasteiger partial charge in [-0.1, -0.05) is 79.1 Å². The maximum Gasteiger partial charge on any atom is 0.269 e. The summed E-state index contributed by atoms with van der Waals surface area (Å²) in [4.78, 5) is 28.5. The standard InChI is InChI=1S/C29H25Cl2N3O2S/c1-17(2)20-8-10-23(11-9-20)34-28(36)26(14-19-12-21(30)15-22(31)13-19)37-29(34)24(16-32)27(35)33-25-7-5-4-6-18(25)3/h4-13,15,17,26H,14H2,1-3H3,(H,33,35)/b29-24-. The Hall–Kier alpha value is -3.24. The van der Waals surface area contributed by atoms with Gasteiger partial charge in [-0.15, -0.1) is 0 Å². The van der Waals surface area contributed by atoms with Crippen LogP contribution in [-0.4, -0.2) is 17.1 Å². The van der Waals surface area contributed by atoms with E-state index in [1.165, 1.54) is 16.7 Å². The Kier molecular flexibility index (Phi) is 8.29. The van der Waals surface area contributed by atoms with Crippen molar-refractivity contribution >= 4 is 58.2 Å². The van der Waals surface area contributed by atoms with E-state index in [1.54, 1.807) is 24.3 Å². The first kappa shape index (κ1) is 26.8. The van der Waals surface area contributed by atoms with E-state index < -0.39 is 11.2 Å². The van der Waals surface area contributed by atoms with Crippen LogP contribution in [0.25, 0.3) is 0 Å². The highest BCUT2D eigenvalue weighted by Gasteiger charge is 2.41. The molecular formula is C29H25Cl2N3O2S. The molecule has 4 rings (SSSR count). The lowest BCUT2D eigenvalue weighted by atomic mass is 10.0. The third-order valence-electron chi connectivity index (χ3n) is 6.06. The second kappa shape index (κ2) is 11.4. The van der Waals surface area contributed by atoms with Gasteiger partial charge in [0.1, 0.15) is 16.7 Å². The zero-order chi connectivity index (χ0) is 26.7. The zero-order valence-electron chi connectivity index (χ0n) is 20.6. The van der Waals surface area contributed by atoms with Crippen molar-refractivity contribution in [2.45, 2.75) is 38.4 Å². The molecule has 1 unspecified atom stereocenters. The monoisotopic (exact) mass is 549 g/mol. The summed E-state index contributed by atoms with van der Waals surface area (Å²) in [6.45, 7) is 6.05. The summed E-state index contributed by atoms with van der Waals surface area (Å²) >= 11 is 13.6. The van der Waals surface area contributed by atoms with Crippen molar-refractivity contribution < 1.29 is 9.59 Å². The summed E-state index contributed by atoms with van der Waals surface area (Å²) in [5, 5.41) is 13.6. The third kappa shape index (κ3) is 6.02. The number of hydrogen-bond acceptors (Lipinski definition) is 4. The Morgan fingerprint density at radius 2 is 1.73 bits per heavy atom. The van der Waals surface area contributed by atoms with Gasteiger partial charge in [0.05, 0.1) is 5.25 Å². The number of aryl methyl sites for hydroxylation is 1. The number of carbonyl (C=O) groups is 2. The second-order valence-corrected chi connectivity index (χ2v) is 11.1. The Morgan fingerprint density at radius 1 is 1.08 bits per heavy atom. The molecule has 1 aliphatic rings. The molecule has 0 radical (unpaired) electrons. The number of carbonyl (C=O) groups excluding carboxylic acids is 2. The molecule has 0 bridgehead atoms. The smallest absolute Gasteiger partial charge is 0.269 e. The average molecular weight is 551 g/mol. The molecule has 0 aromatic heterocycles. The fraction of sp³-hybridized carbons (Fsp3) is 0.207. The van der Waals surface area contributed by atoms with Crippen LogP contribution >= 0.6 is 35.0 Å². The summed E-state index contributed by atoms with van der Waals surface area (Å²) in [5.74, 6) is -0.463. The van der Waals surface area contributed by atoms with Crippen molar-refractivity contribution in [2.24, 2.45) is 0 Å². The van der Waals surface area contributed by atoms with Crippen molar-refractivity contribution in [2.75, 3.05) is 10.2 Å². The van der Waals surface area contributed by atoms with Gasteiger partial charge in [0.25, 0.3) is 5.91 Å². The first-order valence-corrected chi connectivity index (χ1v) is 13.4. The molecule has 1 aliphatic heterocycles. The number of amides is 2. The van der Waals surface area contributed by atoms with Crippen LogP contribution in [0.3, 0.4) is 0 Å². The van der Waals surface area contributed by atoms with Gasteiger partial charge >= 0.3 is 0 Å². The maximum atomic E-state index is 13.7. The van der Waals surface area contributed by atoms with Crippen LogP contribution in [-0.2, 0) is 16.0 Å². The molecule has 8 heteroatoms. The van der Waals surface area contributed by atoms with Crippen molar-refractivity contribution in [3.05, 3.63) is 104 Å². The molecule has 5 nitrogen and oxygen atoms in total. The van der Waals surface area contributed by atoms with Crippen molar-refractivity contribution in [3.63, 3.8) is 0 Å². The average Bonchev–Trinajstić information content (AvgIpc) is 3.15. The number of nitrogens with one attached hydrogen (secondary N) is 1. The highest BCUT2D eigenvalue weighted by molar-refractivity contribution is 8.05. The van der Waals surface area contributed by atoms with Crippen LogP contribution in [0.15, 0.2) is 77.3 Å². The lowest BCUT2D eigenvalue weighted by molar-refractivity contribution is -0.117. The molecule has 37 heavy (non-hydrogen) atoms. The number of nitriles is 1. The van der Waals surface area contributed by atoms with E-state index in [4.69, 9.17) is 23.2 Å². The van der Waals surface area contributed by atoms with E-state index in [2.05, 4.69) is 19.2 Å². The predicted octanol–water partition coefficient (Wildman–Crippen LogP) is 7.49. The molecule has 2 amide bonds. The quantitative estimate of drug-likeness (QED) is 0.255. The minimum atomic E-state index is -0.567. The minimum Gasteiger partial charge on any atom is -0.321 e. The van der Waals surface area contributed by atoms with Gasteiger partial charge < -0.3 is 5.32 Å². The molecule has 3 aromatic carbocycles. The summed E-state index contributed by atoms with van der Waals surface area (Å²) < 4.78 is 0. The first-order valence-electron chi connectivity index (χ1n) is 11.7. The molecule has 1 N–H and O–H groups in total. The number of thioether (sulfide) groups is 1. The second-order valence-electron chi connectivity index (χ2n) is 9.07. The van der Waals surface area contributed by atoms with Crippen molar-refractivity contribution in [1.82, 2.24) is 0 Å².